The van der Waals surface area contributed by atoms with Crippen LogP contribution in [0.5, 0.6) is 0 Å². The van der Waals surface area contributed by atoms with Gasteiger partial charge in [0.15, 0.2) is 0 Å². The molecular formula is C7H11BN2O3. The Kier molecular flexibility index (Phi) is 2.11. The van der Waals surface area contributed by atoms with Gasteiger partial charge in [-0.2, -0.15) is 5.10 Å². The first-order valence-electron chi connectivity index (χ1n) is 4.18. The Labute approximate surface area is 76.1 Å². The van der Waals surface area contributed by atoms with Gasteiger partial charge in [0.1, 0.15) is 0 Å². The van der Waals surface area contributed by atoms with E-state index in [1.807, 2.05) is 0 Å². The van der Waals surface area contributed by atoms with Crippen LogP contribution in [0.4, 0.5) is 0 Å². The van der Waals surface area contributed by atoms with Crippen LogP contribution in [0.2, 0.25) is 0 Å². The topological polar surface area (TPSA) is 67.5 Å². The summed E-state index contributed by atoms with van der Waals surface area (Å²) in [7, 11) is 0.299. The first-order chi connectivity index (χ1) is 6.20. The fraction of sp³-hybridized carbons (Fsp3) is 0.571. The van der Waals surface area contributed by atoms with E-state index >= 15 is 0 Å². The third kappa shape index (κ3) is 1.37. The van der Waals surface area contributed by atoms with Crippen LogP contribution in [0.3, 0.4) is 0 Å². The van der Waals surface area contributed by atoms with Crippen molar-refractivity contribution in [1.29, 1.82) is 0 Å². The van der Waals surface area contributed by atoms with Gasteiger partial charge < -0.3 is 14.8 Å². The Bertz CT molecular complexity index is 324. The summed E-state index contributed by atoms with van der Waals surface area (Å²) in [6.45, 7) is 1.10. The molecule has 2 rings (SSSR count). The molecule has 0 aliphatic carbocycles. The molecule has 0 amide bonds. The maximum absolute atomic E-state index is 9.02. The molecule has 1 aliphatic heterocycles. The third-order valence-corrected chi connectivity index (χ3v) is 2.28. The van der Waals surface area contributed by atoms with Crippen LogP contribution >= 0.6 is 0 Å². The number of ether oxygens (including phenoxy) is 1. The number of rotatable bonds is 1. The molecule has 70 valence electrons. The monoisotopic (exact) mass is 182 g/mol. The van der Waals surface area contributed by atoms with Crippen molar-refractivity contribution in [3.8, 4) is 0 Å². The summed E-state index contributed by atoms with van der Waals surface area (Å²) in [5.41, 5.74) is 2.18. The average Bonchev–Trinajstić information content (AvgIpc) is 2.45. The maximum atomic E-state index is 9.02. The first kappa shape index (κ1) is 8.74. The van der Waals surface area contributed by atoms with Gasteiger partial charge in [0.05, 0.1) is 18.8 Å². The van der Waals surface area contributed by atoms with E-state index in [0.29, 0.717) is 18.8 Å². The molecule has 0 bridgehead atoms. The van der Waals surface area contributed by atoms with Gasteiger partial charge in [-0.05, 0) is 0 Å². The molecule has 5 nitrogen and oxygen atoms in total. The highest BCUT2D eigenvalue weighted by atomic mass is 16.5. The fourth-order valence-electron chi connectivity index (χ4n) is 1.65. The molecule has 2 heterocycles. The lowest BCUT2D eigenvalue weighted by Crippen LogP contribution is -2.35. The summed E-state index contributed by atoms with van der Waals surface area (Å²) in [4.78, 5) is 0. The van der Waals surface area contributed by atoms with Crippen LogP contribution in [0.25, 0.3) is 0 Å². The third-order valence-electron chi connectivity index (χ3n) is 2.28. The predicted octanol–water partition coefficient (Wildman–Crippen LogP) is -1.83. The molecule has 0 fully saturated rings. The molecule has 1 aromatic rings. The van der Waals surface area contributed by atoms with Gasteiger partial charge in [0.2, 0.25) is 0 Å². The average molecular weight is 182 g/mol. The van der Waals surface area contributed by atoms with E-state index in [4.69, 9.17) is 14.8 Å². The summed E-state index contributed by atoms with van der Waals surface area (Å²) >= 11 is 0. The van der Waals surface area contributed by atoms with E-state index in [0.717, 1.165) is 17.7 Å². The van der Waals surface area contributed by atoms with Gasteiger partial charge in [-0.15, -0.1) is 0 Å². The van der Waals surface area contributed by atoms with Crippen molar-refractivity contribution in [2.45, 2.75) is 13.0 Å². The second kappa shape index (κ2) is 3.14. The van der Waals surface area contributed by atoms with Crippen molar-refractivity contribution in [3.63, 3.8) is 0 Å². The molecule has 0 saturated carbocycles. The van der Waals surface area contributed by atoms with E-state index in [-0.39, 0.29) is 0 Å². The van der Waals surface area contributed by atoms with Crippen LogP contribution in [0.15, 0.2) is 0 Å². The van der Waals surface area contributed by atoms with E-state index in [1.165, 1.54) is 0 Å². The second-order valence-corrected chi connectivity index (χ2v) is 3.11. The number of nitrogens with zero attached hydrogens (tertiary/aromatic N) is 2. The smallest absolute Gasteiger partial charge is 0.422 e. The zero-order chi connectivity index (χ0) is 9.42. The number of fused-ring (bicyclic) bond motifs is 1. The summed E-state index contributed by atoms with van der Waals surface area (Å²) in [5, 5.41) is 22.1. The van der Waals surface area contributed by atoms with Crippen LogP contribution in [-0.2, 0) is 24.8 Å². The lowest BCUT2D eigenvalue weighted by molar-refractivity contribution is 0.109. The van der Waals surface area contributed by atoms with Crippen molar-refractivity contribution in [2.75, 3.05) is 6.61 Å². The number of hydrogen-bond donors (Lipinski definition) is 2. The summed E-state index contributed by atoms with van der Waals surface area (Å²) < 4.78 is 6.91. The van der Waals surface area contributed by atoms with Crippen LogP contribution in [0.1, 0.15) is 11.3 Å². The van der Waals surface area contributed by atoms with Crippen molar-refractivity contribution in [2.24, 2.45) is 7.05 Å². The summed E-state index contributed by atoms with van der Waals surface area (Å²) in [6, 6.07) is 0. The molecule has 13 heavy (non-hydrogen) atoms. The number of aromatic nitrogens is 2. The molecule has 0 spiro atoms. The summed E-state index contributed by atoms with van der Waals surface area (Å²) in [6.07, 6.45) is 0.783. The van der Waals surface area contributed by atoms with Crippen LogP contribution in [0, 0.1) is 0 Å². The van der Waals surface area contributed by atoms with Gasteiger partial charge in [0, 0.05) is 24.7 Å². The van der Waals surface area contributed by atoms with Gasteiger partial charge in [-0.1, -0.05) is 0 Å². The number of aryl methyl sites for hydroxylation is 1. The van der Waals surface area contributed by atoms with Gasteiger partial charge >= 0.3 is 7.12 Å². The van der Waals surface area contributed by atoms with E-state index in [9.17, 15) is 0 Å². The maximum Gasteiger partial charge on any atom is 0.510 e. The Balaban J connectivity index is 2.47. The molecule has 0 atom stereocenters. The minimum atomic E-state index is -1.50. The van der Waals surface area contributed by atoms with E-state index in [2.05, 4.69) is 5.10 Å². The number of hydrogen-bond acceptors (Lipinski definition) is 4. The zero-order valence-electron chi connectivity index (χ0n) is 7.40. The van der Waals surface area contributed by atoms with Gasteiger partial charge in [0.25, 0.3) is 0 Å². The highest BCUT2D eigenvalue weighted by molar-refractivity contribution is 6.58. The highest BCUT2D eigenvalue weighted by Gasteiger charge is 2.26. The van der Waals surface area contributed by atoms with E-state index < -0.39 is 7.12 Å². The minimum Gasteiger partial charge on any atom is -0.422 e. The molecule has 1 aliphatic rings. The molecular weight excluding hydrogens is 171 g/mol. The molecule has 2 N–H and O–H groups in total. The molecule has 0 radical (unpaired) electrons. The quantitative estimate of drug-likeness (QED) is 0.501. The Morgan fingerprint density at radius 3 is 3.00 bits per heavy atom. The van der Waals surface area contributed by atoms with Crippen molar-refractivity contribution in [3.05, 3.63) is 11.3 Å². The Morgan fingerprint density at radius 2 is 2.31 bits per heavy atom. The van der Waals surface area contributed by atoms with Crippen LogP contribution in [-0.4, -0.2) is 33.6 Å². The normalized spacial score (nSPS) is 15.6. The van der Waals surface area contributed by atoms with Crippen molar-refractivity contribution >= 4 is 12.7 Å². The van der Waals surface area contributed by atoms with Gasteiger partial charge in [-0.3, -0.25) is 4.68 Å². The molecule has 0 unspecified atom stereocenters. The largest absolute Gasteiger partial charge is 0.510 e. The van der Waals surface area contributed by atoms with Gasteiger partial charge in [-0.25, -0.2) is 0 Å². The Hall–Kier alpha value is -0.845. The lowest BCUT2D eigenvalue weighted by Gasteiger charge is -2.13. The van der Waals surface area contributed by atoms with Crippen molar-refractivity contribution in [1.82, 2.24) is 9.78 Å². The zero-order valence-corrected chi connectivity index (χ0v) is 7.40. The summed E-state index contributed by atoms with van der Waals surface area (Å²) in [5.74, 6) is 0. The molecule has 0 aromatic carbocycles. The fourth-order valence-corrected chi connectivity index (χ4v) is 1.65. The minimum absolute atomic E-state index is 0.317. The van der Waals surface area contributed by atoms with E-state index in [1.54, 1.807) is 11.7 Å². The second-order valence-electron chi connectivity index (χ2n) is 3.11. The standard InChI is InChI=1S/C7H11BN2O3/c1-10-6-2-3-13-4-5(6)7(9-10)8(11)12/h11-12H,2-4H2,1H3. The SMILES string of the molecule is Cn1nc(B(O)O)c2c1CCOC2. The molecule has 1 aromatic heterocycles. The lowest BCUT2D eigenvalue weighted by atomic mass is 9.82. The highest BCUT2D eigenvalue weighted by Crippen LogP contribution is 2.13. The molecule has 6 heteroatoms. The predicted molar refractivity (Wildman–Crippen MR) is 46.4 cm³/mol. The first-order valence-corrected chi connectivity index (χ1v) is 4.18. The molecule has 0 saturated heterocycles. The Morgan fingerprint density at radius 1 is 1.54 bits per heavy atom. The van der Waals surface area contributed by atoms with Crippen molar-refractivity contribution < 1.29 is 14.8 Å². The van der Waals surface area contributed by atoms with Crippen LogP contribution < -0.4 is 5.59 Å².